The molecule has 0 aromatic rings. The van der Waals surface area contributed by atoms with Gasteiger partial charge in [0.15, 0.2) is 0 Å². The zero-order chi connectivity index (χ0) is 13.0. The molecule has 16 radical (unpaired) electrons. The van der Waals surface area contributed by atoms with E-state index < -0.39 is 41.0 Å². The molecule has 0 saturated carbocycles. The molecular weight excluding hydrogens is 405 g/mol. The van der Waals surface area contributed by atoms with Crippen LogP contribution in [-0.2, 0) is 0 Å². The van der Waals surface area contributed by atoms with Crippen molar-refractivity contribution in [3.05, 3.63) is 0 Å². The Bertz CT molecular complexity index is 149. The molecule has 16 heavy (non-hydrogen) atoms. The molecule has 0 aromatic heterocycles. The number of hydrogen-bond acceptors (Lipinski definition) is 0. The van der Waals surface area contributed by atoms with E-state index in [1.54, 1.807) is 0 Å². The van der Waals surface area contributed by atoms with Gasteiger partial charge in [-0.1, -0.05) is 0 Å². The Morgan fingerprint density at radius 3 is 0.875 bits per heavy atom. The maximum atomic E-state index is 5.67. The first-order valence-corrected chi connectivity index (χ1v) is 13.4. The van der Waals surface area contributed by atoms with Crippen molar-refractivity contribution in [2.45, 2.75) is 0 Å². The van der Waals surface area contributed by atoms with Gasteiger partial charge in [-0.15, -0.1) is 0 Å². The predicted molar refractivity (Wildman–Crippen MR) is 109 cm³/mol. The number of rotatable bonds is 6. The van der Waals surface area contributed by atoms with E-state index in [0.29, 0.717) is 0 Å². The molecule has 0 atom stereocenters. The molecule has 0 heterocycles. The van der Waals surface area contributed by atoms with Gasteiger partial charge in [-0.05, 0) is 0 Å². The summed E-state index contributed by atoms with van der Waals surface area (Å²) < 4.78 is -0.419. The first kappa shape index (κ1) is 18.4. The van der Waals surface area contributed by atoms with E-state index in [2.05, 4.69) is 18.6 Å². The Balaban J connectivity index is 4.88. The van der Waals surface area contributed by atoms with E-state index in [9.17, 15) is 0 Å². The normalized spacial score (nSPS) is 10.2. The van der Waals surface area contributed by atoms with Crippen LogP contribution in [0.25, 0.3) is 0 Å². The fraction of sp³-hybridized carbons (Fsp3) is 0. The van der Waals surface area contributed by atoms with Gasteiger partial charge in [0.2, 0.25) is 0 Å². The van der Waals surface area contributed by atoms with Crippen LogP contribution < -0.4 is 0 Å². The Hall–Kier alpha value is 2.37. The summed E-state index contributed by atoms with van der Waals surface area (Å²) in [4.78, 5) is 0. The van der Waals surface area contributed by atoms with E-state index >= 15 is 0 Å². The molecule has 0 aliphatic heterocycles. The molecule has 16 heteroatoms. The summed E-state index contributed by atoms with van der Waals surface area (Å²) in [7, 11) is 45.3. The van der Waals surface area contributed by atoms with Crippen LogP contribution in [0.1, 0.15) is 0 Å². The van der Waals surface area contributed by atoms with E-state index in [1.807, 2.05) is 0 Å². The third kappa shape index (κ3) is 5.56. The van der Waals surface area contributed by atoms with Crippen molar-refractivity contribution in [2.24, 2.45) is 0 Å². The quantitative estimate of drug-likeness (QED) is 0.317. The van der Waals surface area contributed by atoms with Crippen LogP contribution >= 0.6 is 34.0 Å². The van der Waals surface area contributed by atoms with Crippen LogP contribution in [0.3, 0.4) is 0 Å². The Morgan fingerprint density at radius 2 is 0.750 bits per heavy atom. The van der Waals surface area contributed by atoms with Crippen molar-refractivity contribution < 1.29 is 0 Å². The molecule has 56 valence electrons. The van der Waals surface area contributed by atoms with E-state index in [4.69, 9.17) is 61.9 Å². The topological polar surface area (TPSA) is 0 Å². The molecule has 0 bridgehead atoms. The summed E-state index contributed by atoms with van der Waals surface area (Å²) in [5.74, 6) is 0. The van der Waals surface area contributed by atoms with E-state index in [-0.39, 0.29) is 8.70 Å². The summed E-state index contributed by atoms with van der Waals surface area (Å²) in [5, 5.41) is 0. The van der Waals surface area contributed by atoms with Crippen LogP contribution in [0.5, 0.6) is 0 Å². The van der Waals surface area contributed by atoms with Gasteiger partial charge >= 0.3 is 130 Å². The van der Waals surface area contributed by atoms with Crippen molar-refractivity contribution in [3.8, 4) is 0 Å². The Morgan fingerprint density at radius 1 is 0.562 bits per heavy atom. The van der Waals surface area contributed by atoms with Crippen molar-refractivity contribution in [2.75, 3.05) is 0 Å². The van der Waals surface area contributed by atoms with Crippen LogP contribution in [-0.4, -0.2) is 96.1 Å². The van der Waals surface area contributed by atoms with E-state index in [1.165, 1.54) is 0 Å². The van der Waals surface area contributed by atoms with Crippen molar-refractivity contribution in [1.29, 1.82) is 0 Å². The second-order valence-electron chi connectivity index (χ2n) is 3.49. The van der Waals surface area contributed by atoms with Crippen LogP contribution in [0.4, 0.5) is 0 Å². The molecule has 0 aliphatic carbocycles. The first-order valence-electron chi connectivity index (χ1n) is 4.58. The average Bonchev–Trinajstić information content (AvgIpc) is 1.99. The molecule has 0 nitrogen and oxygen atoms in total. The molecule has 0 aliphatic rings. The summed E-state index contributed by atoms with van der Waals surface area (Å²) >= 11 is 0.358. The Kier molecular flexibility index (Phi) is 9.78. The second-order valence-corrected chi connectivity index (χ2v) is 14.3. The molecule has 0 unspecified atom stereocenters. The van der Waals surface area contributed by atoms with Gasteiger partial charge in [0.05, 0.1) is 0 Å². The minimum atomic E-state index is -1.89. The molecule has 0 fully saturated rings. The van der Waals surface area contributed by atoms with Crippen LogP contribution in [0.2, 0.25) is 0 Å². The molecule has 0 amide bonds. The summed E-state index contributed by atoms with van der Waals surface area (Å²) in [5.41, 5.74) is 0. The second kappa shape index (κ2) is 8.52. The zero-order valence-electron chi connectivity index (χ0n) is 8.84. The maximum absolute atomic E-state index is 5.67. The van der Waals surface area contributed by atoms with Gasteiger partial charge in [-0.2, -0.15) is 0 Å². The molecule has 0 saturated heterocycles. The van der Waals surface area contributed by atoms with Gasteiger partial charge in [-0.3, -0.25) is 0 Å². The molecule has 0 rings (SSSR count). The molecular formula is B14I2. The zero-order valence-corrected chi connectivity index (χ0v) is 13.2. The first-order chi connectivity index (χ1) is 7.20. The van der Waals surface area contributed by atoms with E-state index in [0.717, 1.165) is 0 Å². The SMILES string of the molecule is [B]B([B])B(B([B])[B])I(I)B(B([B])[B])B([B])[B]. The number of halogens is 2. The van der Waals surface area contributed by atoms with Gasteiger partial charge in [-0.25, -0.2) is 0 Å². The third-order valence-corrected chi connectivity index (χ3v) is 15.3. The molecule has 0 N–H and O–H groups in total. The van der Waals surface area contributed by atoms with Crippen LogP contribution in [0.15, 0.2) is 0 Å². The van der Waals surface area contributed by atoms with Gasteiger partial charge < -0.3 is 0 Å². The molecule has 0 spiro atoms. The fourth-order valence-corrected chi connectivity index (χ4v) is 13.8. The monoisotopic (exact) mass is 408 g/mol. The third-order valence-electron chi connectivity index (χ3n) is 1.95. The molecule has 0 aromatic carbocycles. The standard InChI is InChI=1S/B14I2/c1-9(2)13(10(3)4)16(15)14(11(5)6)12(7)8. The van der Waals surface area contributed by atoms with Gasteiger partial charge in [0.1, 0.15) is 0 Å². The van der Waals surface area contributed by atoms with Crippen LogP contribution in [0, 0.1) is 0 Å². The van der Waals surface area contributed by atoms with Crippen molar-refractivity contribution in [1.82, 2.24) is 0 Å². The average molecular weight is 405 g/mol. The summed E-state index contributed by atoms with van der Waals surface area (Å²) in [6.07, 6.45) is -2.44. The summed E-state index contributed by atoms with van der Waals surface area (Å²) in [6.45, 7) is 0. The van der Waals surface area contributed by atoms with Crippen molar-refractivity contribution >= 4 is 130 Å². The fourth-order valence-electron chi connectivity index (χ4n) is 1.24. The summed E-state index contributed by atoms with van der Waals surface area (Å²) in [6, 6.07) is 0. The van der Waals surface area contributed by atoms with Crippen molar-refractivity contribution in [3.63, 3.8) is 0 Å². The predicted octanol–water partition coefficient (Wildman–Crippen LogP) is -3.56. The minimum absolute atomic E-state index is 0.209. The van der Waals surface area contributed by atoms with Gasteiger partial charge in [0.25, 0.3) is 0 Å². The number of hydrogen-bond donors (Lipinski definition) is 0. The van der Waals surface area contributed by atoms with Gasteiger partial charge in [0, 0.05) is 0 Å². The Labute approximate surface area is 129 Å².